The third-order valence-corrected chi connectivity index (χ3v) is 6.81. The molecule has 3 aliphatic heterocycles. The van der Waals surface area contributed by atoms with Crippen molar-refractivity contribution < 1.29 is 9.59 Å². The minimum Gasteiger partial charge on any atom is -0.336 e. The van der Waals surface area contributed by atoms with Gasteiger partial charge in [0.05, 0.1) is 5.92 Å². The SMILES string of the molecule is CN1CCC2(CC1)CCN2C(=O)C1CC(=O)N(c2ccc(-c3nn[nH]n3)cc2)C1. The zero-order valence-corrected chi connectivity index (χ0v) is 16.5. The van der Waals surface area contributed by atoms with Gasteiger partial charge in [-0.2, -0.15) is 5.21 Å². The molecule has 29 heavy (non-hydrogen) atoms. The molecule has 3 aliphatic rings. The van der Waals surface area contributed by atoms with Crippen molar-refractivity contribution in [3.63, 3.8) is 0 Å². The lowest BCUT2D eigenvalue weighted by Crippen LogP contribution is -2.66. The van der Waals surface area contributed by atoms with Crippen molar-refractivity contribution in [2.24, 2.45) is 5.92 Å². The number of nitrogens with zero attached hydrogens (tertiary/aromatic N) is 6. The summed E-state index contributed by atoms with van der Waals surface area (Å²) in [6, 6.07) is 7.48. The van der Waals surface area contributed by atoms with Gasteiger partial charge < -0.3 is 14.7 Å². The van der Waals surface area contributed by atoms with Crippen LogP contribution in [0.2, 0.25) is 0 Å². The number of carbonyl (C=O) groups is 2. The van der Waals surface area contributed by atoms with E-state index in [4.69, 9.17) is 0 Å². The van der Waals surface area contributed by atoms with Crippen molar-refractivity contribution >= 4 is 17.5 Å². The summed E-state index contributed by atoms with van der Waals surface area (Å²) in [5.41, 5.74) is 1.66. The van der Waals surface area contributed by atoms with E-state index in [-0.39, 0.29) is 29.7 Å². The van der Waals surface area contributed by atoms with E-state index in [1.54, 1.807) is 4.90 Å². The van der Waals surface area contributed by atoms with Gasteiger partial charge in [-0.1, -0.05) is 0 Å². The predicted octanol–water partition coefficient (Wildman–Crippen LogP) is 0.916. The Bertz CT molecular complexity index is 903. The molecule has 9 heteroatoms. The molecule has 3 fully saturated rings. The van der Waals surface area contributed by atoms with Gasteiger partial charge in [-0.25, -0.2) is 0 Å². The van der Waals surface area contributed by atoms with Crippen LogP contribution in [-0.2, 0) is 9.59 Å². The summed E-state index contributed by atoms with van der Waals surface area (Å²) in [7, 11) is 2.13. The highest BCUT2D eigenvalue weighted by molar-refractivity contribution is 6.00. The molecule has 0 aliphatic carbocycles. The highest BCUT2D eigenvalue weighted by Gasteiger charge is 2.51. The molecule has 1 aromatic carbocycles. The van der Waals surface area contributed by atoms with Crippen molar-refractivity contribution in [2.75, 3.05) is 38.1 Å². The number of likely N-dealkylation sites (tertiary alicyclic amines) is 2. The van der Waals surface area contributed by atoms with Crippen LogP contribution < -0.4 is 4.90 Å². The molecule has 0 bridgehead atoms. The fourth-order valence-corrected chi connectivity index (χ4v) is 4.86. The standard InChI is InChI=1S/C20H25N7O2/c1-25-9-6-20(7-10-25)8-11-27(20)19(29)15-12-17(28)26(13-15)16-4-2-14(3-5-16)18-21-23-24-22-18/h2-5,15H,6-13H2,1H3,(H,21,22,23,24). The number of anilines is 1. The maximum atomic E-state index is 13.2. The smallest absolute Gasteiger partial charge is 0.228 e. The van der Waals surface area contributed by atoms with Gasteiger partial charge in [0.1, 0.15) is 0 Å². The largest absolute Gasteiger partial charge is 0.336 e. The highest BCUT2D eigenvalue weighted by Crippen LogP contribution is 2.41. The van der Waals surface area contributed by atoms with Crippen LogP contribution in [0, 0.1) is 5.92 Å². The van der Waals surface area contributed by atoms with Crippen LogP contribution >= 0.6 is 0 Å². The second-order valence-corrected chi connectivity index (χ2v) is 8.46. The fraction of sp³-hybridized carbons (Fsp3) is 0.550. The van der Waals surface area contributed by atoms with Crippen LogP contribution in [0.4, 0.5) is 5.69 Å². The predicted molar refractivity (Wildman–Crippen MR) is 106 cm³/mol. The number of benzene rings is 1. The third kappa shape index (κ3) is 3.09. The van der Waals surface area contributed by atoms with Crippen molar-refractivity contribution in [1.29, 1.82) is 0 Å². The van der Waals surface area contributed by atoms with Crippen molar-refractivity contribution in [3.05, 3.63) is 24.3 Å². The fourth-order valence-electron chi connectivity index (χ4n) is 4.86. The van der Waals surface area contributed by atoms with Crippen molar-refractivity contribution in [2.45, 2.75) is 31.2 Å². The Morgan fingerprint density at radius 1 is 1.14 bits per heavy atom. The summed E-state index contributed by atoms with van der Waals surface area (Å²) < 4.78 is 0. The molecule has 2 aromatic rings. The molecule has 2 amide bonds. The first-order valence-electron chi connectivity index (χ1n) is 10.2. The number of aromatic nitrogens is 4. The highest BCUT2D eigenvalue weighted by atomic mass is 16.2. The zero-order valence-electron chi connectivity index (χ0n) is 16.5. The van der Waals surface area contributed by atoms with Gasteiger partial charge in [0.15, 0.2) is 0 Å². The van der Waals surface area contributed by atoms with E-state index in [2.05, 4.69) is 37.5 Å². The normalized spacial score (nSPS) is 24.2. The molecular weight excluding hydrogens is 370 g/mol. The lowest BCUT2D eigenvalue weighted by atomic mass is 9.75. The summed E-state index contributed by atoms with van der Waals surface area (Å²) in [5.74, 6) is 0.420. The topological polar surface area (TPSA) is 98.3 Å². The molecule has 4 heterocycles. The van der Waals surface area contributed by atoms with E-state index in [0.29, 0.717) is 12.4 Å². The van der Waals surface area contributed by atoms with Gasteiger partial charge in [0, 0.05) is 49.4 Å². The monoisotopic (exact) mass is 395 g/mol. The average molecular weight is 395 g/mol. The van der Waals surface area contributed by atoms with Crippen LogP contribution in [0.25, 0.3) is 11.4 Å². The summed E-state index contributed by atoms with van der Waals surface area (Å²) in [6.07, 6.45) is 3.46. The number of tetrazole rings is 1. The van der Waals surface area contributed by atoms with Crippen LogP contribution in [0.5, 0.6) is 0 Å². The zero-order chi connectivity index (χ0) is 20.0. The van der Waals surface area contributed by atoms with E-state index in [9.17, 15) is 9.59 Å². The summed E-state index contributed by atoms with van der Waals surface area (Å²) in [6.45, 7) is 3.34. The number of amides is 2. The maximum Gasteiger partial charge on any atom is 0.228 e. The van der Waals surface area contributed by atoms with Crippen LogP contribution in [0.1, 0.15) is 25.7 Å². The van der Waals surface area contributed by atoms with Gasteiger partial charge in [-0.05, 0) is 55.8 Å². The lowest BCUT2D eigenvalue weighted by molar-refractivity contribution is -0.156. The summed E-state index contributed by atoms with van der Waals surface area (Å²) in [5, 5.41) is 13.9. The summed E-state index contributed by atoms with van der Waals surface area (Å²) in [4.78, 5) is 32.0. The first-order chi connectivity index (χ1) is 14.1. The third-order valence-electron chi connectivity index (χ3n) is 6.81. The molecule has 3 saturated heterocycles. The Morgan fingerprint density at radius 3 is 2.48 bits per heavy atom. The number of hydrogen-bond donors (Lipinski definition) is 1. The number of rotatable bonds is 3. The first kappa shape index (κ1) is 18.2. The molecule has 0 saturated carbocycles. The van der Waals surface area contributed by atoms with E-state index in [0.717, 1.165) is 50.1 Å². The van der Waals surface area contributed by atoms with Crippen molar-refractivity contribution in [3.8, 4) is 11.4 Å². The molecule has 1 atom stereocenters. The maximum absolute atomic E-state index is 13.2. The van der Waals surface area contributed by atoms with Gasteiger partial charge >= 0.3 is 0 Å². The van der Waals surface area contributed by atoms with Gasteiger partial charge in [0.2, 0.25) is 17.6 Å². The van der Waals surface area contributed by atoms with Crippen LogP contribution in [0.3, 0.4) is 0 Å². The average Bonchev–Trinajstić information content (AvgIpc) is 3.38. The number of nitrogens with one attached hydrogen (secondary N) is 1. The Balaban J connectivity index is 1.27. The molecule has 5 rings (SSSR count). The molecule has 1 spiro atoms. The number of carbonyl (C=O) groups excluding carboxylic acids is 2. The minimum atomic E-state index is -0.254. The Kier molecular flexibility index (Phi) is 4.34. The molecule has 1 N–H and O–H groups in total. The number of H-pyrrole nitrogens is 1. The Morgan fingerprint density at radius 2 is 1.86 bits per heavy atom. The first-order valence-corrected chi connectivity index (χ1v) is 10.2. The summed E-state index contributed by atoms with van der Waals surface area (Å²) >= 11 is 0. The van der Waals surface area contributed by atoms with Gasteiger partial charge in [-0.3, -0.25) is 9.59 Å². The lowest BCUT2D eigenvalue weighted by Gasteiger charge is -2.56. The molecule has 1 aromatic heterocycles. The van der Waals surface area contributed by atoms with Crippen molar-refractivity contribution in [1.82, 2.24) is 30.4 Å². The molecule has 9 nitrogen and oxygen atoms in total. The van der Waals surface area contributed by atoms with E-state index in [1.807, 2.05) is 24.3 Å². The molecule has 0 radical (unpaired) electrons. The molecule has 1 unspecified atom stereocenters. The van der Waals surface area contributed by atoms with Crippen LogP contribution in [-0.4, -0.2) is 81.0 Å². The second kappa shape index (κ2) is 6.91. The quantitative estimate of drug-likeness (QED) is 0.830. The number of aromatic amines is 1. The van der Waals surface area contributed by atoms with Gasteiger partial charge in [-0.15, -0.1) is 10.2 Å². The van der Waals surface area contributed by atoms with E-state index >= 15 is 0 Å². The minimum absolute atomic E-state index is 0.00797. The van der Waals surface area contributed by atoms with E-state index < -0.39 is 0 Å². The van der Waals surface area contributed by atoms with E-state index in [1.165, 1.54) is 0 Å². The Labute approximate surface area is 169 Å². The van der Waals surface area contributed by atoms with Crippen LogP contribution in [0.15, 0.2) is 24.3 Å². The number of piperidine rings is 1. The number of hydrogen-bond acceptors (Lipinski definition) is 6. The Hall–Kier alpha value is -2.81. The van der Waals surface area contributed by atoms with Gasteiger partial charge in [0.25, 0.3) is 0 Å². The second-order valence-electron chi connectivity index (χ2n) is 8.46. The molecular formula is C20H25N7O2. The molecule has 152 valence electrons.